The number of aryl methyl sites for hydroxylation is 1. The summed E-state index contributed by atoms with van der Waals surface area (Å²) in [4.78, 5) is 0. The normalized spacial score (nSPS) is 12.6. The van der Waals surface area contributed by atoms with Crippen LogP contribution in [0, 0.1) is 0 Å². The molecule has 0 aromatic heterocycles. The van der Waals surface area contributed by atoms with Gasteiger partial charge >= 0.3 is 0 Å². The predicted molar refractivity (Wildman–Crippen MR) is 77.6 cm³/mol. The summed E-state index contributed by atoms with van der Waals surface area (Å²) < 4.78 is 0. The second kappa shape index (κ2) is 8.33. The number of rotatable bonds is 8. The highest BCUT2D eigenvalue weighted by molar-refractivity contribution is 5.30. The first kappa shape index (κ1) is 14.3. The van der Waals surface area contributed by atoms with Gasteiger partial charge in [-0.1, -0.05) is 64.3 Å². The smallest absolute Gasteiger partial charge is 0.0162 e. The number of hydrogen-bond acceptors (Lipinski definition) is 0. The van der Waals surface area contributed by atoms with Gasteiger partial charge in [-0.25, -0.2) is 0 Å². The average molecular weight is 232 g/mol. The minimum absolute atomic E-state index is 0.781. The van der Waals surface area contributed by atoms with E-state index in [1.807, 2.05) is 0 Å². The SMILES string of the molecule is CCCCc1ccccc1C(CC)CCCC. The highest BCUT2D eigenvalue weighted by atomic mass is 14.2. The van der Waals surface area contributed by atoms with E-state index in [0.29, 0.717) is 0 Å². The van der Waals surface area contributed by atoms with Crippen LogP contribution in [0.5, 0.6) is 0 Å². The molecule has 1 rings (SSSR count). The molecule has 0 nitrogen and oxygen atoms in total. The largest absolute Gasteiger partial charge is 0.0654 e. The Hall–Kier alpha value is -0.780. The molecule has 1 unspecified atom stereocenters. The van der Waals surface area contributed by atoms with E-state index in [-0.39, 0.29) is 0 Å². The summed E-state index contributed by atoms with van der Waals surface area (Å²) in [6.07, 6.45) is 9.18. The van der Waals surface area contributed by atoms with Gasteiger partial charge in [-0.3, -0.25) is 0 Å². The zero-order valence-corrected chi connectivity index (χ0v) is 11.8. The second-order valence-corrected chi connectivity index (χ2v) is 5.05. The molecule has 0 aliphatic carbocycles. The minimum Gasteiger partial charge on any atom is -0.0654 e. The Morgan fingerprint density at radius 2 is 1.65 bits per heavy atom. The van der Waals surface area contributed by atoms with E-state index in [1.165, 1.54) is 44.9 Å². The zero-order chi connectivity index (χ0) is 12.5. The van der Waals surface area contributed by atoms with Crippen LogP contribution in [-0.2, 0) is 6.42 Å². The van der Waals surface area contributed by atoms with Crippen molar-refractivity contribution in [1.82, 2.24) is 0 Å². The molecule has 1 atom stereocenters. The van der Waals surface area contributed by atoms with Crippen molar-refractivity contribution in [2.24, 2.45) is 0 Å². The summed E-state index contributed by atoms with van der Waals surface area (Å²) >= 11 is 0. The van der Waals surface area contributed by atoms with Crippen molar-refractivity contribution in [3.05, 3.63) is 35.4 Å². The van der Waals surface area contributed by atoms with Crippen LogP contribution in [0.3, 0.4) is 0 Å². The molecular formula is C17H28. The van der Waals surface area contributed by atoms with Crippen LogP contribution in [0.4, 0.5) is 0 Å². The van der Waals surface area contributed by atoms with Crippen LogP contribution in [0.1, 0.15) is 76.3 Å². The Bertz CT molecular complexity index is 301. The maximum atomic E-state index is 2.36. The Balaban J connectivity index is 2.77. The molecule has 0 heterocycles. The molecule has 0 spiro atoms. The van der Waals surface area contributed by atoms with Gasteiger partial charge < -0.3 is 0 Å². The molecule has 0 radical (unpaired) electrons. The van der Waals surface area contributed by atoms with Crippen molar-refractivity contribution < 1.29 is 0 Å². The highest BCUT2D eigenvalue weighted by Crippen LogP contribution is 2.29. The molecule has 1 aromatic rings. The molecule has 0 bridgehead atoms. The summed E-state index contributed by atoms with van der Waals surface area (Å²) in [6.45, 7) is 6.89. The minimum atomic E-state index is 0.781. The molecule has 0 amide bonds. The van der Waals surface area contributed by atoms with Crippen LogP contribution in [0.15, 0.2) is 24.3 Å². The van der Waals surface area contributed by atoms with Crippen molar-refractivity contribution >= 4 is 0 Å². The molecule has 0 saturated carbocycles. The first-order valence-electron chi connectivity index (χ1n) is 7.41. The maximum absolute atomic E-state index is 2.36. The second-order valence-electron chi connectivity index (χ2n) is 5.05. The summed E-state index contributed by atoms with van der Waals surface area (Å²) in [5, 5.41) is 0. The maximum Gasteiger partial charge on any atom is -0.0162 e. The number of unbranched alkanes of at least 4 members (excludes halogenated alkanes) is 2. The topological polar surface area (TPSA) is 0 Å². The van der Waals surface area contributed by atoms with Gasteiger partial charge in [0.15, 0.2) is 0 Å². The standard InChI is InChI=1S/C17H28/c1-4-7-11-15(6-3)17-14-10-9-13-16(17)12-8-5-2/h9-10,13-15H,4-8,11-12H2,1-3H3. The lowest BCUT2D eigenvalue weighted by Crippen LogP contribution is -2.02. The van der Waals surface area contributed by atoms with Gasteiger partial charge in [-0.15, -0.1) is 0 Å². The molecule has 0 aliphatic rings. The molecule has 0 fully saturated rings. The van der Waals surface area contributed by atoms with E-state index in [4.69, 9.17) is 0 Å². The van der Waals surface area contributed by atoms with Crippen LogP contribution >= 0.6 is 0 Å². The zero-order valence-electron chi connectivity index (χ0n) is 11.8. The lowest BCUT2D eigenvalue weighted by molar-refractivity contribution is 0.564. The lowest BCUT2D eigenvalue weighted by atomic mass is 9.86. The summed E-state index contributed by atoms with van der Waals surface area (Å²) in [6, 6.07) is 9.09. The third kappa shape index (κ3) is 4.53. The van der Waals surface area contributed by atoms with Gasteiger partial charge in [0.2, 0.25) is 0 Å². The monoisotopic (exact) mass is 232 g/mol. The van der Waals surface area contributed by atoms with E-state index in [1.54, 1.807) is 11.1 Å². The van der Waals surface area contributed by atoms with Crippen molar-refractivity contribution in [3.63, 3.8) is 0 Å². The Morgan fingerprint density at radius 3 is 2.29 bits per heavy atom. The fourth-order valence-electron chi connectivity index (χ4n) is 2.56. The quantitative estimate of drug-likeness (QED) is 0.538. The summed E-state index contributed by atoms with van der Waals surface area (Å²) in [5.74, 6) is 0.781. The van der Waals surface area contributed by atoms with Crippen molar-refractivity contribution in [1.29, 1.82) is 0 Å². The fourth-order valence-corrected chi connectivity index (χ4v) is 2.56. The number of hydrogen-bond donors (Lipinski definition) is 0. The molecule has 96 valence electrons. The third-order valence-electron chi connectivity index (χ3n) is 3.69. The predicted octanol–water partition coefficient (Wildman–Crippen LogP) is 5.71. The Morgan fingerprint density at radius 1 is 0.941 bits per heavy atom. The third-order valence-corrected chi connectivity index (χ3v) is 3.69. The van der Waals surface area contributed by atoms with Gasteiger partial charge in [-0.05, 0) is 42.7 Å². The van der Waals surface area contributed by atoms with Crippen LogP contribution in [-0.4, -0.2) is 0 Å². The first-order valence-corrected chi connectivity index (χ1v) is 7.41. The summed E-state index contributed by atoms with van der Waals surface area (Å²) in [5.41, 5.74) is 3.22. The Kier molecular flexibility index (Phi) is 7.00. The van der Waals surface area contributed by atoms with E-state index in [0.717, 1.165) is 5.92 Å². The van der Waals surface area contributed by atoms with Gasteiger partial charge in [-0.2, -0.15) is 0 Å². The molecule has 0 N–H and O–H groups in total. The lowest BCUT2D eigenvalue weighted by Gasteiger charge is -2.19. The van der Waals surface area contributed by atoms with Gasteiger partial charge in [0.1, 0.15) is 0 Å². The van der Waals surface area contributed by atoms with Crippen LogP contribution in [0.25, 0.3) is 0 Å². The summed E-state index contributed by atoms with van der Waals surface area (Å²) in [7, 11) is 0. The van der Waals surface area contributed by atoms with Crippen molar-refractivity contribution in [2.45, 2.75) is 71.6 Å². The fraction of sp³-hybridized carbons (Fsp3) is 0.647. The van der Waals surface area contributed by atoms with E-state index in [2.05, 4.69) is 45.0 Å². The van der Waals surface area contributed by atoms with E-state index in [9.17, 15) is 0 Å². The molecule has 0 heteroatoms. The van der Waals surface area contributed by atoms with Crippen LogP contribution in [0.2, 0.25) is 0 Å². The van der Waals surface area contributed by atoms with E-state index >= 15 is 0 Å². The van der Waals surface area contributed by atoms with E-state index < -0.39 is 0 Å². The van der Waals surface area contributed by atoms with Gasteiger partial charge in [0.05, 0.1) is 0 Å². The van der Waals surface area contributed by atoms with Gasteiger partial charge in [0.25, 0.3) is 0 Å². The van der Waals surface area contributed by atoms with Gasteiger partial charge in [0, 0.05) is 0 Å². The highest BCUT2D eigenvalue weighted by Gasteiger charge is 2.12. The molecule has 0 saturated heterocycles. The molecule has 1 aromatic carbocycles. The van der Waals surface area contributed by atoms with Crippen molar-refractivity contribution in [2.75, 3.05) is 0 Å². The van der Waals surface area contributed by atoms with Crippen LogP contribution < -0.4 is 0 Å². The Labute approximate surface area is 107 Å². The number of benzene rings is 1. The molecule has 17 heavy (non-hydrogen) atoms. The average Bonchev–Trinajstić information content (AvgIpc) is 2.38. The van der Waals surface area contributed by atoms with Crippen molar-refractivity contribution in [3.8, 4) is 0 Å². The first-order chi connectivity index (χ1) is 8.33. The molecule has 0 aliphatic heterocycles. The molecular weight excluding hydrogens is 204 g/mol.